The van der Waals surface area contributed by atoms with Crippen molar-refractivity contribution >= 4 is 5.97 Å². The number of benzene rings is 2. The highest BCUT2D eigenvalue weighted by Crippen LogP contribution is 2.21. The van der Waals surface area contributed by atoms with Crippen molar-refractivity contribution in [3.63, 3.8) is 0 Å². The van der Waals surface area contributed by atoms with E-state index in [9.17, 15) is 4.79 Å². The number of carbonyl (C=O) groups is 1. The number of aromatic carboxylic acids is 1. The molecule has 0 aliphatic heterocycles. The molecule has 110 valence electrons. The molecule has 22 heavy (non-hydrogen) atoms. The van der Waals surface area contributed by atoms with Crippen molar-refractivity contribution in [2.24, 2.45) is 0 Å². The van der Waals surface area contributed by atoms with Gasteiger partial charge >= 0.3 is 5.97 Å². The van der Waals surface area contributed by atoms with Gasteiger partial charge in [-0.25, -0.2) is 9.48 Å². The lowest BCUT2D eigenvalue weighted by Crippen LogP contribution is -2.00. The first-order chi connectivity index (χ1) is 10.5. The van der Waals surface area contributed by atoms with Crippen molar-refractivity contribution in [2.45, 2.75) is 13.8 Å². The van der Waals surface area contributed by atoms with Crippen molar-refractivity contribution in [3.05, 3.63) is 65.4 Å². The molecule has 1 N–H and O–H groups in total. The second kappa shape index (κ2) is 5.44. The van der Waals surface area contributed by atoms with Gasteiger partial charge in [-0.15, -0.1) is 5.10 Å². The van der Waals surface area contributed by atoms with Crippen LogP contribution in [-0.2, 0) is 0 Å². The quantitative estimate of drug-likeness (QED) is 0.805. The second-order valence-corrected chi connectivity index (χ2v) is 5.20. The van der Waals surface area contributed by atoms with Crippen molar-refractivity contribution < 1.29 is 9.90 Å². The minimum atomic E-state index is -0.962. The minimum absolute atomic E-state index is 0.223. The average Bonchev–Trinajstić information content (AvgIpc) is 3.00. The van der Waals surface area contributed by atoms with E-state index in [0.717, 1.165) is 11.3 Å². The maximum atomic E-state index is 11.0. The van der Waals surface area contributed by atoms with E-state index in [4.69, 9.17) is 5.11 Å². The Labute approximate surface area is 127 Å². The fourth-order valence-electron chi connectivity index (χ4n) is 2.20. The van der Waals surface area contributed by atoms with Gasteiger partial charge in [-0.2, -0.15) is 0 Å². The van der Waals surface area contributed by atoms with Crippen LogP contribution in [0.15, 0.2) is 48.7 Å². The summed E-state index contributed by atoms with van der Waals surface area (Å²) in [6.45, 7) is 4.12. The van der Waals surface area contributed by atoms with Crippen LogP contribution in [0.3, 0.4) is 0 Å². The van der Waals surface area contributed by atoms with Gasteiger partial charge in [0.15, 0.2) is 0 Å². The molecular formula is C17H15N3O2. The van der Waals surface area contributed by atoms with E-state index in [1.54, 1.807) is 35.1 Å². The molecule has 3 aromatic rings. The molecule has 0 bridgehead atoms. The molecule has 0 saturated heterocycles. The van der Waals surface area contributed by atoms with Crippen LogP contribution < -0.4 is 0 Å². The predicted octanol–water partition coefficient (Wildman–Crippen LogP) is 3.25. The van der Waals surface area contributed by atoms with Gasteiger partial charge in [0.05, 0.1) is 17.4 Å². The summed E-state index contributed by atoms with van der Waals surface area (Å²) in [4.78, 5) is 11.0. The lowest BCUT2D eigenvalue weighted by molar-refractivity contribution is 0.0697. The summed E-state index contributed by atoms with van der Waals surface area (Å²) in [5.74, 6) is -0.962. The summed E-state index contributed by atoms with van der Waals surface area (Å²) in [6.07, 6.45) is 1.80. The van der Waals surface area contributed by atoms with Gasteiger partial charge in [0, 0.05) is 5.56 Å². The van der Waals surface area contributed by atoms with Crippen LogP contribution in [0, 0.1) is 13.8 Å². The zero-order valence-corrected chi connectivity index (χ0v) is 12.3. The Balaban J connectivity index is 1.98. The fraction of sp³-hybridized carbons (Fsp3) is 0.118. The van der Waals surface area contributed by atoms with Crippen LogP contribution in [0.1, 0.15) is 21.5 Å². The smallest absolute Gasteiger partial charge is 0.335 e. The molecule has 3 rings (SSSR count). The molecule has 0 unspecified atom stereocenters. The molecule has 0 aliphatic rings. The molecule has 1 heterocycles. The largest absolute Gasteiger partial charge is 0.478 e. The standard InChI is InChI=1S/C17H15N3O2/c1-11-6-7-13(8-12(11)2)16-10-20(19-18-16)15-5-3-4-14(9-15)17(21)22/h3-10H,1-2H3,(H,21,22). The van der Waals surface area contributed by atoms with Crippen molar-refractivity contribution in [2.75, 3.05) is 0 Å². The van der Waals surface area contributed by atoms with E-state index in [1.165, 1.54) is 11.1 Å². The van der Waals surface area contributed by atoms with Gasteiger partial charge in [-0.1, -0.05) is 23.4 Å². The van der Waals surface area contributed by atoms with E-state index in [-0.39, 0.29) is 5.56 Å². The van der Waals surface area contributed by atoms with E-state index < -0.39 is 5.97 Å². The number of nitrogens with zero attached hydrogens (tertiary/aromatic N) is 3. The summed E-state index contributed by atoms with van der Waals surface area (Å²) in [5, 5.41) is 17.3. The molecule has 0 aliphatic carbocycles. The normalized spacial score (nSPS) is 10.6. The van der Waals surface area contributed by atoms with Gasteiger partial charge in [-0.05, 0) is 49.2 Å². The molecule has 0 fully saturated rings. The van der Waals surface area contributed by atoms with Gasteiger partial charge in [-0.3, -0.25) is 0 Å². The molecular weight excluding hydrogens is 278 g/mol. The molecule has 2 aromatic carbocycles. The summed E-state index contributed by atoms with van der Waals surface area (Å²) in [5.41, 5.74) is 5.06. The molecule has 0 saturated carbocycles. The SMILES string of the molecule is Cc1ccc(-c2cn(-c3cccc(C(=O)O)c3)nn2)cc1C. The van der Waals surface area contributed by atoms with E-state index >= 15 is 0 Å². The first-order valence-electron chi connectivity index (χ1n) is 6.88. The Kier molecular flexibility index (Phi) is 3.47. The number of aryl methyl sites for hydroxylation is 2. The van der Waals surface area contributed by atoms with Crippen LogP contribution in [-0.4, -0.2) is 26.1 Å². The van der Waals surface area contributed by atoms with Crippen LogP contribution in [0.5, 0.6) is 0 Å². The first kappa shape index (κ1) is 14.0. The Morgan fingerprint density at radius 3 is 2.64 bits per heavy atom. The van der Waals surface area contributed by atoms with Crippen LogP contribution in [0.4, 0.5) is 0 Å². The van der Waals surface area contributed by atoms with Gasteiger partial charge in [0.25, 0.3) is 0 Å². The zero-order valence-electron chi connectivity index (χ0n) is 12.3. The Bertz CT molecular complexity index is 853. The third kappa shape index (κ3) is 2.61. The molecule has 0 radical (unpaired) electrons. The number of rotatable bonds is 3. The summed E-state index contributed by atoms with van der Waals surface area (Å²) >= 11 is 0. The molecule has 0 spiro atoms. The summed E-state index contributed by atoms with van der Waals surface area (Å²) in [6, 6.07) is 12.7. The molecule has 1 aromatic heterocycles. The van der Waals surface area contributed by atoms with Crippen molar-refractivity contribution in [1.29, 1.82) is 0 Å². The Morgan fingerprint density at radius 2 is 1.91 bits per heavy atom. The highest BCUT2D eigenvalue weighted by molar-refractivity contribution is 5.88. The molecule has 0 atom stereocenters. The number of carboxylic acids is 1. The monoisotopic (exact) mass is 293 g/mol. The van der Waals surface area contributed by atoms with Crippen LogP contribution >= 0.6 is 0 Å². The molecule has 5 heteroatoms. The third-order valence-electron chi connectivity index (χ3n) is 3.65. The Morgan fingerprint density at radius 1 is 1.09 bits per heavy atom. The number of hydrogen-bond acceptors (Lipinski definition) is 3. The highest BCUT2D eigenvalue weighted by Gasteiger charge is 2.08. The number of aromatic nitrogens is 3. The van der Waals surface area contributed by atoms with Gasteiger partial charge in [0.1, 0.15) is 5.69 Å². The maximum absolute atomic E-state index is 11.0. The molecule has 5 nitrogen and oxygen atoms in total. The van der Waals surface area contributed by atoms with Crippen LogP contribution in [0.25, 0.3) is 16.9 Å². The maximum Gasteiger partial charge on any atom is 0.335 e. The van der Waals surface area contributed by atoms with Gasteiger partial charge < -0.3 is 5.11 Å². The first-order valence-corrected chi connectivity index (χ1v) is 6.88. The van der Waals surface area contributed by atoms with Crippen LogP contribution in [0.2, 0.25) is 0 Å². The van der Waals surface area contributed by atoms with E-state index in [2.05, 4.69) is 36.3 Å². The van der Waals surface area contributed by atoms with Crippen molar-refractivity contribution in [1.82, 2.24) is 15.0 Å². The lowest BCUT2D eigenvalue weighted by atomic mass is 10.0. The second-order valence-electron chi connectivity index (χ2n) is 5.20. The third-order valence-corrected chi connectivity index (χ3v) is 3.65. The summed E-state index contributed by atoms with van der Waals surface area (Å²) in [7, 11) is 0. The minimum Gasteiger partial charge on any atom is -0.478 e. The summed E-state index contributed by atoms with van der Waals surface area (Å²) < 4.78 is 1.58. The molecule has 0 amide bonds. The lowest BCUT2D eigenvalue weighted by Gasteiger charge is -2.02. The van der Waals surface area contributed by atoms with Crippen molar-refractivity contribution in [3.8, 4) is 16.9 Å². The fourth-order valence-corrected chi connectivity index (χ4v) is 2.20. The number of hydrogen-bond donors (Lipinski definition) is 1. The number of carboxylic acid groups (broad SMARTS) is 1. The topological polar surface area (TPSA) is 68.0 Å². The zero-order chi connectivity index (χ0) is 15.7. The highest BCUT2D eigenvalue weighted by atomic mass is 16.4. The van der Waals surface area contributed by atoms with E-state index in [0.29, 0.717) is 5.69 Å². The van der Waals surface area contributed by atoms with E-state index in [1.807, 2.05) is 6.07 Å². The average molecular weight is 293 g/mol. The Hall–Kier alpha value is -2.95. The predicted molar refractivity (Wildman–Crippen MR) is 83.2 cm³/mol. The van der Waals surface area contributed by atoms with Gasteiger partial charge in [0.2, 0.25) is 0 Å².